The van der Waals surface area contributed by atoms with Gasteiger partial charge in [0.1, 0.15) is 0 Å². The zero-order chi connectivity index (χ0) is 11.6. The van der Waals surface area contributed by atoms with Crippen LogP contribution >= 0.6 is 0 Å². The molecule has 0 saturated carbocycles. The molecular formula is C10H24O3Si. The van der Waals surface area contributed by atoms with Crippen LogP contribution in [0.15, 0.2) is 0 Å². The molecule has 0 amide bonds. The lowest BCUT2D eigenvalue weighted by Gasteiger charge is -2.32. The highest BCUT2D eigenvalue weighted by Crippen LogP contribution is 2.20. The lowest BCUT2D eigenvalue weighted by atomic mass is 10.2. The highest BCUT2D eigenvalue weighted by Gasteiger charge is 2.33. The molecule has 3 nitrogen and oxygen atoms in total. The molecule has 0 spiro atoms. The number of hydrogen-bond acceptors (Lipinski definition) is 3. The van der Waals surface area contributed by atoms with Crippen molar-refractivity contribution >= 4 is 8.56 Å². The molecule has 0 aromatic carbocycles. The van der Waals surface area contributed by atoms with E-state index in [0.717, 1.165) is 0 Å². The van der Waals surface area contributed by atoms with E-state index in [-0.39, 0.29) is 11.2 Å². The Balaban J connectivity index is 4.09. The molecular weight excluding hydrogens is 196 g/mol. The van der Waals surface area contributed by atoms with Crippen LogP contribution in [0.5, 0.6) is 0 Å². The highest BCUT2D eigenvalue weighted by atomic mass is 28.4. The van der Waals surface area contributed by atoms with Gasteiger partial charge in [-0.2, -0.15) is 0 Å². The van der Waals surface area contributed by atoms with E-state index in [0.29, 0.717) is 0 Å². The molecule has 0 unspecified atom stereocenters. The van der Waals surface area contributed by atoms with E-state index in [1.807, 2.05) is 54.6 Å². The molecule has 0 atom stereocenters. The van der Waals surface area contributed by atoms with Gasteiger partial charge in [0.05, 0.1) is 11.2 Å². The van der Waals surface area contributed by atoms with Crippen LogP contribution in [0.2, 0.25) is 13.1 Å². The second-order valence-electron chi connectivity index (χ2n) is 5.89. The van der Waals surface area contributed by atoms with Gasteiger partial charge in [0.15, 0.2) is 0 Å². The summed E-state index contributed by atoms with van der Waals surface area (Å²) in [6.45, 7) is 15.9. The van der Waals surface area contributed by atoms with Crippen molar-refractivity contribution in [2.24, 2.45) is 0 Å². The topological polar surface area (TPSA) is 27.7 Å². The first-order valence-electron chi connectivity index (χ1n) is 4.98. The average Bonchev–Trinajstić information content (AvgIpc) is 1.76. The zero-order valence-electron chi connectivity index (χ0n) is 10.7. The quantitative estimate of drug-likeness (QED) is 0.415. The van der Waals surface area contributed by atoms with Gasteiger partial charge in [0.25, 0.3) is 0 Å². The third-order valence-corrected chi connectivity index (χ3v) is 2.63. The molecule has 0 aromatic rings. The minimum atomic E-state index is -2.17. The van der Waals surface area contributed by atoms with E-state index in [2.05, 4.69) is 0 Å². The van der Waals surface area contributed by atoms with Crippen LogP contribution in [0.4, 0.5) is 0 Å². The van der Waals surface area contributed by atoms with Gasteiger partial charge >= 0.3 is 8.56 Å². The van der Waals surface area contributed by atoms with E-state index in [1.165, 1.54) is 0 Å². The van der Waals surface area contributed by atoms with Crippen molar-refractivity contribution in [2.45, 2.75) is 65.8 Å². The van der Waals surface area contributed by atoms with Crippen LogP contribution in [0.1, 0.15) is 41.5 Å². The maximum absolute atomic E-state index is 5.81. The molecule has 0 fully saturated rings. The van der Waals surface area contributed by atoms with Gasteiger partial charge in [-0.3, -0.25) is 4.58 Å². The summed E-state index contributed by atoms with van der Waals surface area (Å²) < 4.78 is 11.2. The van der Waals surface area contributed by atoms with E-state index in [9.17, 15) is 0 Å². The SMILES string of the molecule is CC(C)(C)OO[Si](C)(C)OC(C)(C)C. The van der Waals surface area contributed by atoms with E-state index < -0.39 is 8.56 Å². The fourth-order valence-electron chi connectivity index (χ4n) is 0.980. The first kappa shape index (κ1) is 14.1. The highest BCUT2D eigenvalue weighted by molar-refractivity contribution is 6.64. The van der Waals surface area contributed by atoms with Gasteiger partial charge in [0, 0.05) is 0 Å². The first-order valence-corrected chi connectivity index (χ1v) is 7.80. The third-order valence-electron chi connectivity index (χ3n) is 1.04. The Labute approximate surface area is 88.9 Å². The average molecular weight is 220 g/mol. The van der Waals surface area contributed by atoms with Crippen molar-refractivity contribution in [3.8, 4) is 0 Å². The monoisotopic (exact) mass is 220 g/mol. The molecule has 14 heavy (non-hydrogen) atoms. The Morgan fingerprint density at radius 1 is 0.786 bits per heavy atom. The number of hydrogen-bond donors (Lipinski definition) is 0. The summed E-state index contributed by atoms with van der Waals surface area (Å²) in [6.07, 6.45) is 0. The van der Waals surface area contributed by atoms with Crippen molar-refractivity contribution in [3.05, 3.63) is 0 Å². The minimum absolute atomic E-state index is 0.184. The van der Waals surface area contributed by atoms with Crippen LogP contribution in [0.25, 0.3) is 0 Å². The van der Waals surface area contributed by atoms with Crippen molar-refractivity contribution in [2.75, 3.05) is 0 Å². The van der Waals surface area contributed by atoms with Gasteiger partial charge in [-0.25, -0.2) is 4.89 Å². The summed E-state index contributed by atoms with van der Waals surface area (Å²) in [5.41, 5.74) is -0.470. The lowest BCUT2D eigenvalue weighted by molar-refractivity contribution is -0.297. The van der Waals surface area contributed by atoms with Gasteiger partial charge in [-0.15, -0.1) is 0 Å². The molecule has 86 valence electrons. The summed E-state index contributed by atoms with van der Waals surface area (Å²) in [5, 5.41) is 0. The summed E-state index contributed by atoms with van der Waals surface area (Å²) in [4.78, 5) is 5.28. The molecule has 0 rings (SSSR count). The molecule has 0 radical (unpaired) electrons. The zero-order valence-corrected chi connectivity index (χ0v) is 11.7. The summed E-state index contributed by atoms with van der Waals surface area (Å²) in [5.74, 6) is 0. The summed E-state index contributed by atoms with van der Waals surface area (Å²) >= 11 is 0. The Hall–Kier alpha value is 0.0969. The van der Waals surface area contributed by atoms with Crippen molar-refractivity contribution < 1.29 is 13.9 Å². The maximum Gasteiger partial charge on any atom is 0.369 e. The van der Waals surface area contributed by atoms with Crippen LogP contribution in [0, 0.1) is 0 Å². The second-order valence-corrected chi connectivity index (χ2v) is 9.06. The van der Waals surface area contributed by atoms with E-state index in [1.54, 1.807) is 0 Å². The molecule has 0 aliphatic heterocycles. The summed E-state index contributed by atoms with van der Waals surface area (Å²) in [6, 6.07) is 0. The fourth-order valence-corrected chi connectivity index (χ4v) is 2.94. The van der Waals surface area contributed by atoms with Gasteiger partial charge < -0.3 is 4.43 Å². The van der Waals surface area contributed by atoms with Crippen LogP contribution in [-0.4, -0.2) is 19.8 Å². The summed E-state index contributed by atoms with van der Waals surface area (Å²) in [7, 11) is -2.17. The molecule has 0 N–H and O–H groups in total. The van der Waals surface area contributed by atoms with Crippen LogP contribution in [0.3, 0.4) is 0 Å². The Kier molecular flexibility index (Phi) is 4.34. The smallest absolute Gasteiger partial charge is 0.369 e. The molecule has 4 heteroatoms. The molecule has 0 aliphatic carbocycles. The Bertz CT molecular complexity index is 177. The van der Waals surface area contributed by atoms with Gasteiger partial charge in [-0.1, -0.05) is 0 Å². The molecule has 0 saturated heterocycles. The molecule has 0 bridgehead atoms. The predicted molar refractivity (Wildman–Crippen MR) is 60.2 cm³/mol. The standard InChI is InChI=1S/C10H24O3Si/c1-9(2,3)11-13-14(7,8)12-10(4,5)6/h1-8H3. The molecule has 0 heterocycles. The predicted octanol–water partition coefficient (Wildman–Crippen LogP) is 3.25. The second kappa shape index (κ2) is 4.31. The molecule has 0 aromatic heterocycles. The number of rotatable bonds is 3. The lowest BCUT2D eigenvalue weighted by Crippen LogP contribution is -2.43. The van der Waals surface area contributed by atoms with Gasteiger partial charge in [-0.05, 0) is 54.6 Å². The Morgan fingerprint density at radius 2 is 1.21 bits per heavy atom. The van der Waals surface area contributed by atoms with Crippen molar-refractivity contribution in [3.63, 3.8) is 0 Å². The molecule has 0 aliphatic rings. The van der Waals surface area contributed by atoms with Crippen LogP contribution < -0.4 is 0 Å². The Morgan fingerprint density at radius 3 is 1.50 bits per heavy atom. The maximum atomic E-state index is 5.81. The van der Waals surface area contributed by atoms with Crippen molar-refractivity contribution in [1.82, 2.24) is 0 Å². The fraction of sp³-hybridized carbons (Fsp3) is 1.00. The normalized spacial score (nSPS) is 14.6. The van der Waals surface area contributed by atoms with Gasteiger partial charge in [0.2, 0.25) is 0 Å². The largest absolute Gasteiger partial charge is 0.388 e. The minimum Gasteiger partial charge on any atom is -0.388 e. The first-order chi connectivity index (χ1) is 5.91. The van der Waals surface area contributed by atoms with Crippen molar-refractivity contribution in [1.29, 1.82) is 0 Å². The third kappa shape index (κ3) is 8.68. The van der Waals surface area contributed by atoms with E-state index in [4.69, 9.17) is 13.9 Å². The van der Waals surface area contributed by atoms with E-state index >= 15 is 0 Å². The van der Waals surface area contributed by atoms with Crippen LogP contribution in [-0.2, 0) is 13.9 Å².